The van der Waals surface area contributed by atoms with Gasteiger partial charge in [0, 0.05) is 12.1 Å². The van der Waals surface area contributed by atoms with Crippen molar-refractivity contribution in [2.45, 2.75) is 13.8 Å². The Kier molecular flexibility index (Phi) is 3.71. The number of carbonyl (C=O) groups excluding carboxylic acids is 1. The van der Waals surface area contributed by atoms with Gasteiger partial charge in [-0.15, -0.1) is 0 Å². The summed E-state index contributed by atoms with van der Waals surface area (Å²) >= 11 is 1.35. The largest absolute Gasteiger partial charge is 0.397 e. The smallest absolute Gasteiger partial charge is 0.205 e. The summed E-state index contributed by atoms with van der Waals surface area (Å²) in [6.07, 6.45) is 0. The molecular weight excluding hydrogens is 260 g/mol. The van der Waals surface area contributed by atoms with E-state index < -0.39 is 0 Å². The van der Waals surface area contributed by atoms with Crippen LogP contribution in [-0.4, -0.2) is 17.3 Å². The number of nitrogens with one attached hydrogen (secondary N) is 1. The highest BCUT2D eigenvalue weighted by atomic mass is 32.1. The van der Waals surface area contributed by atoms with Crippen molar-refractivity contribution in [2.75, 3.05) is 23.3 Å². The van der Waals surface area contributed by atoms with Crippen LogP contribution in [0.5, 0.6) is 0 Å². The number of thiazole rings is 1. The highest BCUT2D eigenvalue weighted by molar-refractivity contribution is 7.17. The average molecular weight is 276 g/mol. The quantitative estimate of drug-likeness (QED) is 0.588. The van der Waals surface area contributed by atoms with E-state index in [1.165, 1.54) is 11.3 Å². The number of aryl methyl sites for hydroxylation is 1. The molecule has 0 aliphatic rings. The molecule has 5 nitrogen and oxygen atoms in total. The Morgan fingerprint density at radius 1 is 1.37 bits per heavy atom. The van der Waals surface area contributed by atoms with E-state index in [0.717, 1.165) is 17.4 Å². The molecule has 5 N–H and O–H groups in total. The first-order chi connectivity index (χ1) is 9.02. The molecule has 19 heavy (non-hydrogen) atoms. The lowest BCUT2D eigenvalue weighted by atomic mass is 10.1. The molecule has 2 rings (SSSR count). The van der Waals surface area contributed by atoms with Crippen LogP contribution < -0.4 is 16.8 Å². The zero-order valence-corrected chi connectivity index (χ0v) is 11.7. The second-order valence-corrected chi connectivity index (χ2v) is 5.14. The molecule has 1 aromatic carbocycles. The van der Waals surface area contributed by atoms with Crippen molar-refractivity contribution in [1.29, 1.82) is 0 Å². The van der Waals surface area contributed by atoms with E-state index in [1.807, 2.05) is 13.8 Å². The van der Waals surface area contributed by atoms with Gasteiger partial charge < -0.3 is 16.8 Å². The van der Waals surface area contributed by atoms with Gasteiger partial charge in [-0.1, -0.05) is 11.3 Å². The maximum Gasteiger partial charge on any atom is 0.205 e. The van der Waals surface area contributed by atoms with Gasteiger partial charge in [0.05, 0.1) is 21.9 Å². The number of anilines is 3. The molecule has 0 fully saturated rings. The molecule has 0 unspecified atom stereocenters. The Morgan fingerprint density at radius 2 is 2.11 bits per heavy atom. The van der Waals surface area contributed by atoms with Crippen LogP contribution in [0, 0.1) is 6.92 Å². The van der Waals surface area contributed by atoms with Crippen molar-refractivity contribution in [3.63, 3.8) is 0 Å². The highest BCUT2D eigenvalue weighted by Gasteiger charge is 2.17. The molecule has 0 bridgehead atoms. The molecule has 0 saturated heterocycles. The van der Waals surface area contributed by atoms with E-state index in [4.69, 9.17) is 11.5 Å². The van der Waals surface area contributed by atoms with Crippen molar-refractivity contribution >= 4 is 33.6 Å². The van der Waals surface area contributed by atoms with Gasteiger partial charge in [-0.25, -0.2) is 4.98 Å². The molecule has 2 aromatic rings. The fraction of sp³-hybridized carbons (Fsp3) is 0.231. The molecule has 100 valence electrons. The molecule has 0 aliphatic heterocycles. The molecule has 0 spiro atoms. The molecule has 0 radical (unpaired) electrons. The van der Waals surface area contributed by atoms with Crippen molar-refractivity contribution in [2.24, 2.45) is 0 Å². The molecular formula is C13H16N4OS. The van der Waals surface area contributed by atoms with Gasteiger partial charge in [-0.05, 0) is 32.0 Å². The normalized spacial score (nSPS) is 10.4. The van der Waals surface area contributed by atoms with Crippen LogP contribution in [0.4, 0.5) is 16.5 Å². The number of nitrogens with two attached hydrogens (primary N) is 2. The number of benzene rings is 1. The van der Waals surface area contributed by atoms with Gasteiger partial charge in [0.2, 0.25) is 5.78 Å². The van der Waals surface area contributed by atoms with E-state index >= 15 is 0 Å². The zero-order valence-electron chi connectivity index (χ0n) is 10.9. The predicted octanol–water partition coefficient (Wildman–Crippen LogP) is 2.28. The summed E-state index contributed by atoms with van der Waals surface area (Å²) in [5, 5.41) is 3.86. The Labute approximate surface area is 115 Å². The number of rotatable bonds is 4. The average Bonchev–Trinajstić information content (AvgIpc) is 2.73. The third kappa shape index (κ3) is 2.68. The van der Waals surface area contributed by atoms with Gasteiger partial charge in [0.15, 0.2) is 5.13 Å². The summed E-state index contributed by atoms with van der Waals surface area (Å²) in [5.74, 6) is -0.0779. The maximum absolute atomic E-state index is 12.4. The van der Waals surface area contributed by atoms with Crippen LogP contribution in [0.2, 0.25) is 0 Å². The van der Waals surface area contributed by atoms with Gasteiger partial charge in [0.25, 0.3) is 0 Å². The number of aromatic nitrogens is 1. The third-order valence-electron chi connectivity index (χ3n) is 2.68. The first-order valence-corrected chi connectivity index (χ1v) is 6.75. The summed E-state index contributed by atoms with van der Waals surface area (Å²) in [6.45, 7) is 4.58. The maximum atomic E-state index is 12.4. The summed E-state index contributed by atoms with van der Waals surface area (Å²) < 4.78 is 0. The van der Waals surface area contributed by atoms with E-state index in [9.17, 15) is 4.79 Å². The van der Waals surface area contributed by atoms with Crippen molar-refractivity contribution in [3.05, 3.63) is 34.3 Å². The molecule has 1 aromatic heterocycles. The Bertz CT molecular complexity index is 621. The Morgan fingerprint density at radius 3 is 2.74 bits per heavy atom. The van der Waals surface area contributed by atoms with Crippen LogP contribution in [0.3, 0.4) is 0 Å². The van der Waals surface area contributed by atoms with Gasteiger partial charge in [-0.2, -0.15) is 0 Å². The third-order valence-corrected chi connectivity index (χ3v) is 3.79. The Balaban J connectivity index is 2.35. The van der Waals surface area contributed by atoms with Crippen molar-refractivity contribution in [3.8, 4) is 0 Å². The van der Waals surface area contributed by atoms with Crippen molar-refractivity contribution in [1.82, 2.24) is 4.98 Å². The molecule has 0 saturated carbocycles. The number of nitrogen functional groups attached to an aromatic ring is 2. The summed E-state index contributed by atoms with van der Waals surface area (Å²) in [4.78, 5) is 17.3. The first-order valence-electron chi connectivity index (χ1n) is 5.94. The number of carbonyl (C=O) groups is 1. The van der Waals surface area contributed by atoms with Crippen LogP contribution in [-0.2, 0) is 0 Å². The molecule has 0 aliphatic carbocycles. The SMILES string of the molecule is CCNc1nc(C)c(C(=O)c2ccc(N)c(N)c2)s1. The number of nitrogens with zero attached hydrogens (tertiary/aromatic N) is 1. The zero-order chi connectivity index (χ0) is 14.0. The monoisotopic (exact) mass is 276 g/mol. The lowest BCUT2D eigenvalue weighted by molar-refractivity contribution is 0.104. The molecule has 6 heteroatoms. The number of ketones is 1. The summed E-state index contributed by atoms with van der Waals surface area (Å²) in [5.41, 5.74) is 13.5. The predicted molar refractivity (Wildman–Crippen MR) is 79.7 cm³/mol. The highest BCUT2D eigenvalue weighted by Crippen LogP contribution is 2.26. The van der Waals surface area contributed by atoms with E-state index in [0.29, 0.717) is 21.8 Å². The standard InChI is InChI=1S/C13H16N4OS/c1-3-16-13-17-7(2)12(19-13)11(18)8-4-5-9(14)10(15)6-8/h4-6H,3,14-15H2,1-2H3,(H,16,17). The van der Waals surface area contributed by atoms with E-state index in [2.05, 4.69) is 10.3 Å². The fourth-order valence-electron chi connectivity index (χ4n) is 1.68. The molecule has 0 atom stereocenters. The second kappa shape index (κ2) is 5.27. The van der Waals surface area contributed by atoms with Gasteiger partial charge in [-0.3, -0.25) is 4.79 Å². The van der Waals surface area contributed by atoms with E-state index in [1.54, 1.807) is 18.2 Å². The van der Waals surface area contributed by atoms with Crippen LogP contribution in [0.15, 0.2) is 18.2 Å². The summed E-state index contributed by atoms with van der Waals surface area (Å²) in [7, 11) is 0. The topological polar surface area (TPSA) is 94.0 Å². The summed E-state index contributed by atoms with van der Waals surface area (Å²) in [6, 6.07) is 4.92. The minimum atomic E-state index is -0.0779. The van der Waals surface area contributed by atoms with Gasteiger partial charge in [0.1, 0.15) is 0 Å². The number of hydrogen-bond donors (Lipinski definition) is 3. The van der Waals surface area contributed by atoms with Crippen LogP contribution in [0.1, 0.15) is 27.9 Å². The first kappa shape index (κ1) is 13.4. The fourth-order valence-corrected chi connectivity index (χ4v) is 2.68. The van der Waals surface area contributed by atoms with Crippen molar-refractivity contribution < 1.29 is 4.79 Å². The lowest BCUT2D eigenvalue weighted by Gasteiger charge is -2.03. The second-order valence-electron chi connectivity index (χ2n) is 4.14. The van der Waals surface area contributed by atoms with E-state index in [-0.39, 0.29) is 5.78 Å². The van der Waals surface area contributed by atoms with Crippen LogP contribution >= 0.6 is 11.3 Å². The number of hydrogen-bond acceptors (Lipinski definition) is 6. The lowest BCUT2D eigenvalue weighted by Crippen LogP contribution is -2.03. The van der Waals surface area contributed by atoms with Crippen LogP contribution in [0.25, 0.3) is 0 Å². The van der Waals surface area contributed by atoms with Gasteiger partial charge >= 0.3 is 0 Å². The minimum absolute atomic E-state index is 0.0779. The Hall–Kier alpha value is -2.08. The molecule has 1 heterocycles. The molecule has 0 amide bonds. The minimum Gasteiger partial charge on any atom is -0.397 e.